The third-order valence-electron chi connectivity index (χ3n) is 3.21. The Morgan fingerprint density at radius 3 is 2.65 bits per heavy atom. The summed E-state index contributed by atoms with van der Waals surface area (Å²) in [5, 5.41) is 9.90. The fourth-order valence-electron chi connectivity index (χ4n) is 2.03. The number of thiazole rings is 1. The lowest BCUT2D eigenvalue weighted by Crippen LogP contribution is -2.41. The molecule has 5 heteroatoms. The molecule has 4 nitrogen and oxygen atoms in total. The van der Waals surface area contributed by atoms with Crippen LogP contribution in [-0.2, 0) is 11.3 Å². The topological polar surface area (TPSA) is 53.4 Å². The van der Waals surface area contributed by atoms with E-state index in [1.807, 2.05) is 18.2 Å². The van der Waals surface area contributed by atoms with Crippen LogP contribution in [0, 0.1) is 0 Å². The van der Waals surface area contributed by atoms with Crippen molar-refractivity contribution in [3.8, 4) is 0 Å². The maximum atomic E-state index is 10.8. The van der Waals surface area contributed by atoms with Crippen LogP contribution >= 0.6 is 11.3 Å². The Bertz CT molecular complexity index is 568. The van der Waals surface area contributed by atoms with Gasteiger partial charge in [-0.2, -0.15) is 0 Å². The number of carboxylic acids is 1. The van der Waals surface area contributed by atoms with Gasteiger partial charge in [0.05, 0.1) is 23.2 Å². The number of para-hydroxylation sites is 1. The highest BCUT2D eigenvalue weighted by molar-refractivity contribution is 7.18. The summed E-state index contributed by atoms with van der Waals surface area (Å²) in [5.74, 6) is -0.761. The van der Waals surface area contributed by atoms with Crippen molar-refractivity contribution in [3.63, 3.8) is 0 Å². The van der Waals surface area contributed by atoms with E-state index in [9.17, 15) is 4.79 Å². The molecule has 0 aliphatic heterocycles. The molecule has 0 amide bonds. The monoisotopic (exact) mass is 292 g/mol. The van der Waals surface area contributed by atoms with Gasteiger partial charge in [0.25, 0.3) is 0 Å². The van der Waals surface area contributed by atoms with Crippen molar-refractivity contribution in [2.45, 2.75) is 39.3 Å². The molecule has 108 valence electrons. The van der Waals surface area contributed by atoms with Gasteiger partial charge in [-0.25, -0.2) is 4.98 Å². The average Bonchev–Trinajstić information content (AvgIpc) is 2.75. The summed E-state index contributed by atoms with van der Waals surface area (Å²) in [6.45, 7) is 7.53. The number of fused-ring (bicyclic) bond motifs is 1. The number of carboxylic acid groups (broad SMARTS) is 1. The predicted octanol–water partition coefficient (Wildman–Crippen LogP) is 3.37. The van der Waals surface area contributed by atoms with Gasteiger partial charge in [0.15, 0.2) is 0 Å². The number of hydrogen-bond donors (Lipinski definition) is 1. The Balaban J connectivity index is 2.16. The fraction of sp³-hybridized carbons (Fsp3) is 0.467. The lowest BCUT2D eigenvalue weighted by molar-refractivity contribution is -0.137. The van der Waals surface area contributed by atoms with Crippen molar-refractivity contribution in [1.29, 1.82) is 0 Å². The zero-order valence-electron chi connectivity index (χ0n) is 12.1. The molecule has 2 aromatic rings. The van der Waals surface area contributed by atoms with Gasteiger partial charge < -0.3 is 5.11 Å². The van der Waals surface area contributed by atoms with Crippen molar-refractivity contribution in [2.75, 3.05) is 6.54 Å². The second-order valence-corrected chi connectivity index (χ2v) is 6.93. The number of nitrogens with zero attached hydrogens (tertiary/aromatic N) is 2. The standard InChI is InChI=1S/C15H20N2O2S/c1-15(2,3)17(9-8-14(18)19)10-13-16-11-6-4-5-7-12(11)20-13/h4-7H,8-10H2,1-3H3,(H,18,19). The second-order valence-electron chi connectivity index (χ2n) is 5.81. The van der Waals surface area contributed by atoms with Gasteiger partial charge >= 0.3 is 5.97 Å². The molecular weight excluding hydrogens is 272 g/mol. The molecule has 1 aromatic heterocycles. The van der Waals surface area contributed by atoms with Crippen LogP contribution in [0.4, 0.5) is 0 Å². The molecule has 1 aromatic carbocycles. The number of benzene rings is 1. The minimum Gasteiger partial charge on any atom is -0.481 e. The van der Waals surface area contributed by atoms with E-state index in [0.29, 0.717) is 13.1 Å². The van der Waals surface area contributed by atoms with E-state index in [0.717, 1.165) is 10.5 Å². The molecule has 0 aliphatic rings. The van der Waals surface area contributed by atoms with Crippen molar-refractivity contribution < 1.29 is 9.90 Å². The second kappa shape index (κ2) is 5.89. The molecule has 20 heavy (non-hydrogen) atoms. The molecule has 0 unspecified atom stereocenters. The lowest BCUT2D eigenvalue weighted by atomic mass is 10.1. The molecule has 0 saturated carbocycles. The number of aromatic nitrogens is 1. The first-order valence-corrected chi connectivity index (χ1v) is 7.49. The summed E-state index contributed by atoms with van der Waals surface area (Å²) in [6, 6.07) is 8.07. The summed E-state index contributed by atoms with van der Waals surface area (Å²) in [7, 11) is 0. The van der Waals surface area contributed by atoms with Crippen LogP contribution in [-0.4, -0.2) is 33.0 Å². The smallest absolute Gasteiger partial charge is 0.304 e. The summed E-state index contributed by atoms with van der Waals surface area (Å²) in [4.78, 5) is 17.6. The number of carbonyl (C=O) groups is 1. The fourth-order valence-corrected chi connectivity index (χ4v) is 3.02. The average molecular weight is 292 g/mol. The highest BCUT2D eigenvalue weighted by Gasteiger charge is 2.23. The van der Waals surface area contributed by atoms with Gasteiger partial charge in [0.2, 0.25) is 0 Å². The predicted molar refractivity (Wildman–Crippen MR) is 82.0 cm³/mol. The molecule has 0 atom stereocenters. The molecule has 0 bridgehead atoms. The SMILES string of the molecule is CC(C)(C)N(CCC(=O)O)Cc1nc2ccccc2s1. The van der Waals surface area contributed by atoms with Gasteiger partial charge in [-0.15, -0.1) is 11.3 Å². The van der Waals surface area contributed by atoms with Gasteiger partial charge in [0.1, 0.15) is 5.01 Å². The largest absolute Gasteiger partial charge is 0.481 e. The Morgan fingerprint density at radius 2 is 2.05 bits per heavy atom. The number of hydrogen-bond acceptors (Lipinski definition) is 4. The van der Waals surface area contributed by atoms with Crippen LogP contribution in [0.3, 0.4) is 0 Å². The molecule has 0 radical (unpaired) electrons. The van der Waals surface area contributed by atoms with Crippen molar-refractivity contribution in [3.05, 3.63) is 29.3 Å². The molecular formula is C15H20N2O2S. The van der Waals surface area contributed by atoms with E-state index >= 15 is 0 Å². The van der Waals surface area contributed by atoms with Crippen LogP contribution in [0.1, 0.15) is 32.2 Å². The van der Waals surface area contributed by atoms with E-state index in [4.69, 9.17) is 5.11 Å². The van der Waals surface area contributed by atoms with Crippen LogP contribution < -0.4 is 0 Å². The highest BCUT2D eigenvalue weighted by atomic mass is 32.1. The first-order valence-electron chi connectivity index (χ1n) is 6.67. The number of rotatable bonds is 5. The van der Waals surface area contributed by atoms with E-state index in [2.05, 4.69) is 36.7 Å². The van der Waals surface area contributed by atoms with E-state index < -0.39 is 5.97 Å². The Kier molecular flexibility index (Phi) is 4.40. The van der Waals surface area contributed by atoms with Gasteiger partial charge in [-0.3, -0.25) is 9.69 Å². The third kappa shape index (κ3) is 3.77. The van der Waals surface area contributed by atoms with Crippen LogP contribution in [0.2, 0.25) is 0 Å². The Hall–Kier alpha value is -1.46. The first kappa shape index (κ1) is 14.9. The maximum Gasteiger partial charge on any atom is 0.304 e. The summed E-state index contributed by atoms with van der Waals surface area (Å²) in [5.41, 5.74) is 0.937. The van der Waals surface area contributed by atoms with Crippen molar-refractivity contribution in [2.24, 2.45) is 0 Å². The van der Waals surface area contributed by atoms with Crippen LogP contribution in [0.15, 0.2) is 24.3 Å². The molecule has 1 N–H and O–H groups in total. The molecule has 0 saturated heterocycles. The van der Waals surface area contributed by atoms with Crippen LogP contribution in [0.25, 0.3) is 10.2 Å². The quantitative estimate of drug-likeness (QED) is 0.918. The summed E-state index contributed by atoms with van der Waals surface area (Å²) < 4.78 is 1.18. The zero-order chi connectivity index (χ0) is 14.8. The first-order chi connectivity index (χ1) is 9.36. The van der Waals surface area contributed by atoms with E-state index in [1.54, 1.807) is 11.3 Å². The maximum absolute atomic E-state index is 10.8. The van der Waals surface area contributed by atoms with E-state index in [1.165, 1.54) is 4.70 Å². The van der Waals surface area contributed by atoms with Crippen LogP contribution in [0.5, 0.6) is 0 Å². The van der Waals surface area contributed by atoms with Crippen molar-refractivity contribution in [1.82, 2.24) is 9.88 Å². The molecule has 1 heterocycles. The third-order valence-corrected chi connectivity index (χ3v) is 4.23. The molecule has 0 aliphatic carbocycles. The minimum atomic E-state index is -0.761. The normalized spacial score (nSPS) is 12.2. The van der Waals surface area contributed by atoms with Gasteiger partial charge in [-0.1, -0.05) is 12.1 Å². The molecule has 0 spiro atoms. The Morgan fingerprint density at radius 1 is 1.35 bits per heavy atom. The molecule has 0 fully saturated rings. The van der Waals surface area contributed by atoms with Crippen molar-refractivity contribution >= 4 is 27.5 Å². The van der Waals surface area contributed by atoms with Gasteiger partial charge in [-0.05, 0) is 32.9 Å². The number of aliphatic carboxylic acids is 1. The Labute approximate surface area is 123 Å². The molecule has 2 rings (SSSR count). The van der Waals surface area contributed by atoms with E-state index in [-0.39, 0.29) is 12.0 Å². The lowest BCUT2D eigenvalue weighted by Gasteiger charge is -2.34. The summed E-state index contributed by atoms with van der Waals surface area (Å²) >= 11 is 1.68. The summed E-state index contributed by atoms with van der Waals surface area (Å²) in [6.07, 6.45) is 0.155. The highest BCUT2D eigenvalue weighted by Crippen LogP contribution is 2.25. The minimum absolute atomic E-state index is 0.0761. The zero-order valence-corrected chi connectivity index (χ0v) is 12.9. The van der Waals surface area contributed by atoms with Gasteiger partial charge in [0, 0.05) is 12.1 Å².